The SMILES string of the molecule is C=CC1(CO)CCC(n2cc(F)c(N)nc2=O)O1. The molecule has 0 aliphatic carbocycles. The highest BCUT2D eigenvalue weighted by atomic mass is 19.1. The molecule has 6 nitrogen and oxygen atoms in total. The van der Waals surface area contributed by atoms with E-state index in [-0.39, 0.29) is 6.61 Å². The second kappa shape index (κ2) is 4.51. The summed E-state index contributed by atoms with van der Waals surface area (Å²) in [5.74, 6) is -1.22. The summed E-state index contributed by atoms with van der Waals surface area (Å²) in [6.07, 6.45) is 2.73. The van der Waals surface area contributed by atoms with Gasteiger partial charge < -0.3 is 15.6 Å². The molecule has 0 bridgehead atoms. The molecule has 0 saturated carbocycles. The van der Waals surface area contributed by atoms with Gasteiger partial charge in [-0.2, -0.15) is 4.98 Å². The molecule has 2 rings (SSSR count). The lowest BCUT2D eigenvalue weighted by Crippen LogP contribution is -2.33. The Kier molecular flexibility index (Phi) is 3.18. The van der Waals surface area contributed by atoms with Crippen LogP contribution in [0.15, 0.2) is 23.6 Å². The highest BCUT2D eigenvalue weighted by Gasteiger charge is 2.38. The normalized spacial score (nSPS) is 27.3. The van der Waals surface area contributed by atoms with Crippen LogP contribution in [-0.2, 0) is 4.74 Å². The van der Waals surface area contributed by atoms with Gasteiger partial charge in [-0.3, -0.25) is 4.57 Å². The third kappa shape index (κ3) is 2.02. The van der Waals surface area contributed by atoms with Crippen LogP contribution in [0.5, 0.6) is 0 Å². The Bertz CT molecular complexity index is 531. The van der Waals surface area contributed by atoms with E-state index in [1.807, 2.05) is 0 Å². The number of aliphatic hydroxyl groups excluding tert-OH is 1. The van der Waals surface area contributed by atoms with Crippen LogP contribution in [0.2, 0.25) is 0 Å². The third-order valence-corrected chi connectivity index (χ3v) is 3.07. The molecule has 1 aromatic heterocycles. The van der Waals surface area contributed by atoms with E-state index < -0.39 is 29.2 Å². The number of anilines is 1. The van der Waals surface area contributed by atoms with Gasteiger partial charge in [-0.1, -0.05) is 6.08 Å². The molecule has 18 heavy (non-hydrogen) atoms. The number of hydrogen-bond acceptors (Lipinski definition) is 5. The van der Waals surface area contributed by atoms with Gasteiger partial charge in [0.1, 0.15) is 11.8 Å². The van der Waals surface area contributed by atoms with Gasteiger partial charge in [0.15, 0.2) is 11.6 Å². The Morgan fingerprint density at radius 2 is 2.56 bits per heavy atom. The van der Waals surface area contributed by atoms with Crippen LogP contribution < -0.4 is 11.4 Å². The van der Waals surface area contributed by atoms with E-state index >= 15 is 0 Å². The van der Waals surface area contributed by atoms with Gasteiger partial charge in [-0.05, 0) is 12.8 Å². The topological polar surface area (TPSA) is 90.4 Å². The highest BCUT2D eigenvalue weighted by molar-refractivity contribution is 5.26. The number of nitrogen functional groups attached to an aromatic ring is 1. The Morgan fingerprint density at radius 3 is 3.11 bits per heavy atom. The number of nitrogens with zero attached hydrogens (tertiary/aromatic N) is 2. The fourth-order valence-electron chi connectivity index (χ4n) is 1.95. The lowest BCUT2D eigenvalue weighted by atomic mass is 10.0. The molecular weight excluding hydrogens is 241 g/mol. The van der Waals surface area contributed by atoms with E-state index in [2.05, 4.69) is 11.6 Å². The number of hydrogen-bond donors (Lipinski definition) is 2. The lowest BCUT2D eigenvalue weighted by Gasteiger charge is -2.23. The number of halogens is 1. The second-order valence-electron chi connectivity index (χ2n) is 4.20. The maximum atomic E-state index is 13.3. The van der Waals surface area contributed by atoms with Crippen molar-refractivity contribution in [3.05, 3.63) is 35.2 Å². The molecule has 1 fully saturated rings. The van der Waals surface area contributed by atoms with Gasteiger partial charge in [0.2, 0.25) is 0 Å². The third-order valence-electron chi connectivity index (χ3n) is 3.07. The van der Waals surface area contributed by atoms with Crippen LogP contribution in [0, 0.1) is 5.82 Å². The minimum absolute atomic E-state index is 0.243. The van der Waals surface area contributed by atoms with Crippen LogP contribution in [0.25, 0.3) is 0 Å². The summed E-state index contributed by atoms with van der Waals surface area (Å²) in [6.45, 7) is 3.34. The number of aromatic nitrogens is 2. The zero-order valence-electron chi connectivity index (χ0n) is 9.67. The van der Waals surface area contributed by atoms with Gasteiger partial charge in [0.05, 0.1) is 12.8 Å². The summed E-state index contributed by atoms with van der Waals surface area (Å²) in [5, 5.41) is 9.26. The molecule has 2 heterocycles. The van der Waals surface area contributed by atoms with Crippen molar-refractivity contribution in [3.63, 3.8) is 0 Å². The fourth-order valence-corrected chi connectivity index (χ4v) is 1.95. The number of aliphatic hydroxyl groups is 1. The molecule has 0 spiro atoms. The number of nitrogens with two attached hydrogens (primary N) is 1. The van der Waals surface area contributed by atoms with Gasteiger partial charge in [-0.15, -0.1) is 6.58 Å². The molecule has 7 heteroatoms. The van der Waals surface area contributed by atoms with Crippen molar-refractivity contribution in [2.45, 2.75) is 24.7 Å². The molecule has 98 valence electrons. The minimum Gasteiger partial charge on any atom is -0.393 e. The fraction of sp³-hybridized carbons (Fsp3) is 0.455. The van der Waals surface area contributed by atoms with Crippen molar-refractivity contribution < 1.29 is 14.2 Å². The molecule has 2 unspecified atom stereocenters. The largest absolute Gasteiger partial charge is 0.393 e. The summed E-state index contributed by atoms with van der Waals surface area (Å²) < 4.78 is 19.9. The van der Waals surface area contributed by atoms with E-state index in [1.165, 1.54) is 6.08 Å². The molecule has 1 saturated heterocycles. The first-order valence-electron chi connectivity index (χ1n) is 5.48. The molecule has 2 atom stereocenters. The summed E-state index contributed by atoms with van der Waals surface area (Å²) >= 11 is 0. The van der Waals surface area contributed by atoms with Crippen molar-refractivity contribution >= 4 is 5.82 Å². The summed E-state index contributed by atoms with van der Waals surface area (Å²) in [7, 11) is 0. The van der Waals surface area contributed by atoms with Crippen LogP contribution in [0.3, 0.4) is 0 Å². The molecule has 1 aromatic rings. The molecule has 0 amide bonds. The van der Waals surface area contributed by atoms with Crippen molar-refractivity contribution in [1.82, 2.24) is 9.55 Å². The smallest absolute Gasteiger partial charge is 0.351 e. The predicted octanol–water partition coefficient (Wildman–Crippen LogP) is 0.191. The molecular formula is C11H14FN3O3. The van der Waals surface area contributed by atoms with Crippen molar-refractivity contribution in [2.24, 2.45) is 0 Å². The van der Waals surface area contributed by atoms with Gasteiger partial charge in [-0.25, -0.2) is 9.18 Å². The maximum Gasteiger partial charge on any atom is 0.351 e. The lowest BCUT2D eigenvalue weighted by molar-refractivity contribution is -0.0707. The van der Waals surface area contributed by atoms with Crippen molar-refractivity contribution in [1.29, 1.82) is 0 Å². The zero-order valence-corrected chi connectivity index (χ0v) is 9.67. The summed E-state index contributed by atoms with van der Waals surface area (Å²) in [5.41, 5.74) is 3.63. The Labute approximate surface area is 103 Å². The predicted molar refractivity (Wildman–Crippen MR) is 62.2 cm³/mol. The average molecular weight is 255 g/mol. The first kappa shape index (κ1) is 12.7. The summed E-state index contributed by atoms with van der Waals surface area (Å²) in [4.78, 5) is 15.0. The van der Waals surface area contributed by atoms with E-state index in [0.29, 0.717) is 12.8 Å². The molecule has 1 aliphatic heterocycles. The zero-order chi connectivity index (χ0) is 13.3. The van der Waals surface area contributed by atoms with Crippen molar-refractivity contribution in [2.75, 3.05) is 12.3 Å². The van der Waals surface area contributed by atoms with E-state index in [0.717, 1.165) is 10.8 Å². The van der Waals surface area contributed by atoms with E-state index in [9.17, 15) is 14.3 Å². The highest BCUT2D eigenvalue weighted by Crippen LogP contribution is 2.36. The van der Waals surface area contributed by atoms with Gasteiger partial charge >= 0.3 is 5.69 Å². The molecule has 0 radical (unpaired) electrons. The Balaban J connectivity index is 2.32. The first-order valence-corrected chi connectivity index (χ1v) is 5.48. The maximum absolute atomic E-state index is 13.3. The minimum atomic E-state index is -0.887. The summed E-state index contributed by atoms with van der Waals surface area (Å²) in [6, 6.07) is 0. The van der Waals surface area contributed by atoms with Gasteiger partial charge in [0.25, 0.3) is 0 Å². The van der Waals surface area contributed by atoms with Crippen LogP contribution >= 0.6 is 0 Å². The average Bonchev–Trinajstić information content (AvgIpc) is 2.79. The van der Waals surface area contributed by atoms with E-state index in [4.69, 9.17) is 10.5 Å². The second-order valence-corrected chi connectivity index (χ2v) is 4.20. The number of ether oxygens (including phenoxy) is 1. The Morgan fingerprint density at radius 1 is 1.83 bits per heavy atom. The standard InChI is InChI=1S/C11H14FN3O3/c1-2-11(6-16)4-3-8(18-11)15-5-7(12)9(13)14-10(15)17/h2,5,8,16H,1,3-4,6H2,(H2,13,14,17). The van der Waals surface area contributed by atoms with E-state index in [1.54, 1.807) is 0 Å². The van der Waals surface area contributed by atoms with Gasteiger partial charge in [0, 0.05) is 0 Å². The van der Waals surface area contributed by atoms with Crippen LogP contribution in [0.4, 0.5) is 10.2 Å². The monoisotopic (exact) mass is 255 g/mol. The first-order chi connectivity index (χ1) is 8.51. The molecule has 0 aromatic carbocycles. The van der Waals surface area contributed by atoms with Crippen LogP contribution in [-0.4, -0.2) is 26.9 Å². The number of rotatable bonds is 3. The van der Waals surface area contributed by atoms with Crippen LogP contribution in [0.1, 0.15) is 19.1 Å². The molecule has 3 N–H and O–H groups in total. The van der Waals surface area contributed by atoms with Crippen molar-refractivity contribution in [3.8, 4) is 0 Å². The Hall–Kier alpha value is -1.73. The molecule has 1 aliphatic rings. The quantitative estimate of drug-likeness (QED) is 0.752.